The molecule has 5 rings (SSSR count). The van der Waals surface area contributed by atoms with Crippen LogP contribution in [0.2, 0.25) is 0 Å². The fourth-order valence-electron chi connectivity index (χ4n) is 5.42. The first-order valence-corrected chi connectivity index (χ1v) is 15.8. The highest BCUT2D eigenvalue weighted by atomic mass is 16.6. The van der Waals surface area contributed by atoms with Crippen LogP contribution >= 0.6 is 0 Å². The number of ether oxygens (including phenoxy) is 4. The fraction of sp³-hybridized carbons (Fsp3) is 0.400. The van der Waals surface area contributed by atoms with Gasteiger partial charge in [-0.1, -0.05) is 48.5 Å². The van der Waals surface area contributed by atoms with Gasteiger partial charge in [0.2, 0.25) is 0 Å². The third-order valence-electron chi connectivity index (χ3n) is 7.91. The van der Waals surface area contributed by atoms with Crippen molar-refractivity contribution in [2.24, 2.45) is 0 Å². The number of amides is 3. The zero-order valence-electron chi connectivity index (χ0n) is 25.5. The highest BCUT2D eigenvalue weighted by molar-refractivity contribution is 5.71. The van der Waals surface area contributed by atoms with Crippen molar-refractivity contribution in [1.82, 2.24) is 15.1 Å². The van der Waals surface area contributed by atoms with Crippen LogP contribution in [0.15, 0.2) is 84.9 Å². The van der Waals surface area contributed by atoms with E-state index in [1.54, 1.807) is 29.2 Å². The molecular weight excluding hydrogens is 574 g/mol. The van der Waals surface area contributed by atoms with Crippen molar-refractivity contribution in [3.63, 3.8) is 0 Å². The van der Waals surface area contributed by atoms with E-state index in [0.29, 0.717) is 56.9 Å². The zero-order chi connectivity index (χ0) is 31.3. The van der Waals surface area contributed by atoms with Crippen molar-refractivity contribution in [2.45, 2.75) is 63.7 Å². The van der Waals surface area contributed by atoms with Gasteiger partial charge in [-0.2, -0.15) is 0 Å². The molecule has 10 heteroatoms. The predicted molar refractivity (Wildman–Crippen MR) is 168 cm³/mol. The molecule has 0 saturated carbocycles. The van der Waals surface area contributed by atoms with Crippen molar-refractivity contribution in [1.29, 1.82) is 0 Å². The van der Waals surface area contributed by atoms with E-state index in [9.17, 15) is 14.4 Å². The van der Waals surface area contributed by atoms with Crippen LogP contribution in [-0.4, -0.2) is 66.6 Å². The van der Waals surface area contributed by atoms with Crippen LogP contribution in [0, 0.1) is 0 Å². The Balaban J connectivity index is 0.998. The number of carbonyl (C=O) groups is 3. The summed E-state index contributed by atoms with van der Waals surface area (Å²) in [5.41, 5.74) is 1.28. The lowest BCUT2D eigenvalue weighted by atomic mass is 10.1. The molecule has 0 bridgehead atoms. The summed E-state index contributed by atoms with van der Waals surface area (Å²) in [4.78, 5) is 41.4. The molecule has 2 saturated heterocycles. The molecule has 3 aromatic carbocycles. The van der Waals surface area contributed by atoms with Crippen molar-refractivity contribution < 1.29 is 33.3 Å². The number of aryl methyl sites for hydroxylation is 1. The second-order valence-corrected chi connectivity index (χ2v) is 11.2. The van der Waals surface area contributed by atoms with Crippen molar-refractivity contribution >= 4 is 18.3 Å². The molecule has 1 atom stereocenters. The first-order valence-electron chi connectivity index (χ1n) is 15.8. The molecule has 0 aliphatic carbocycles. The molecule has 238 valence electrons. The molecule has 10 nitrogen and oxygen atoms in total. The van der Waals surface area contributed by atoms with E-state index < -0.39 is 24.5 Å². The molecule has 0 aromatic heterocycles. The number of hydrogen-bond acceptors (Lipinski definition) is 7. The lowest BCUT2D eigenvalue weighted by molar-refractivity contribution is -0.0460. The molecular formula is C35H41N3O7. The topological polar surface area (TPSA) is 107 Å². The van der Waals surface area contributed by atoms with Gasteiger partial charge in [0.15, 0.2) is 6.23 Å². The van der Waals surface area contributed by atoms with Gasteiger partial charge in [0, 0.05) is 45.4 Å². The zero-order valence-corrected chi connectivity index (χ0v) is 25.5. The van der Waals surface area contributed by atoms with Gasteiger partial charge in [-0.25, -0.2) is 14.4 Å². The molecule has 45 heavy (non-hydrogen) atoms. The number of likely N-dealkylation sites (tertiary alicyclic amines) is 2. The first-order chi connectivity index (χ1) is 22.0. The van der Waals surface area contributed by atoms with Crippen LogP contribution in [0.5, 0.6) is 17.2 Å². The molecule has 2 heterocycles. The Morgan fingerprint density at radius 3 is 2.09 bits per heavy atom. The maximum atomic E-state index is 13.1. The Kier molecular flexibility index (Phi) is 11.5. The van der Waals surface area contributed by atoms with Gasteiger partial charge >= 0.3 is 18.3 Å². The molecule has 1 N–H and O–H groups in total. The summed E-state index contributed by atoms with van der Waals surface area (Å²) in [5.74, 6) is 1.78. The Hall–Kier alpha value is -4.73. The van der Waals surface area contributed by atoms with E-state index in [2.05, 4.69) is 17.4 Å². The number of hydrogen-bond donors (Lipinski definition) is 1. The highest BCUT2D eigenvalue weighted by Gasteiger charge is 2.33. The number of carbonyl (C=O) groups excluding carboxylic acids is 3. The first kappa shape index (κ1) is 31.7. The number of piperidine rings is 2. The van der Waals surface area contributed by atoms with Crippen LogP contribution in [0.25, 0.3) is 0 Å². The number of nitrogens with one attached hydrogen (secondary N) is 1. The SMILES string of the molecule is O=C(NCCCCc1ccccc1)OC1CCCCN1C(=O)OC1CCN(C(=O)Oc2ccc(Oc3ccccc3)cc2)CC1. The number of rotatable bonds is 10. The fourth-order valence-corrected chi connectivity index (χ4v) is 5.42. The van der Waals surface area contributed by atoms with Crippen LogP contribution in [-0.2, 0) is 15.9 Å². The third kappa shape index (κ3) is 9.89. The molecule has 0 spiro atoms. The summed E-state index contributed by atoms with van der Waals surface area (Å²) in [6.45, 7) is 1.78. The molecule has 2 fully saturated rings. The van der Waals surface area contributed by atoms with Crippen molar-refractivity contribution in [3.05, 3.63) is 90.5 Å². The number of benzene rings is 3. The molecule has 3 aromatic rings. The van der Waals surface area contributed by atoms with E-state index in [1.165, 1.54) is 10.5 Å². The normalized spacial score (nSPS) is 16.8. The quantitative estimate of drug-likeness (QED) is 0.242. The summed E-state index contributed by atoms with van der Waals surface area (Å²) in [7, 11) is 0. The summed E-state index contributed by atoms with van der Waals surface area (Å²) in [6, 6.07) is 26.5. The number of para-hydroxylation sites is 1. The summed E-state index contributed by atoms with van der Waals surface area (Å²) in [6.07, 6.45) is 3.53. The highest BCUT2D eigenvalue weighted by Crippen LogP contribution is 2.25. The lowest BCUT2D eigenvalue weighted by Crippen LogP contribution is -2.49. The average Bonchev–Trinajstić information content (AvgIpc) is 3.07. The van der Waals surface area contributed by atoms with E-state index in [1.807, 2.05) is 48.5 Å². The van der Waals surface area contributed by atoms with E-state index >= 15 is 0 Å². The minimum atomic E-state index is -0.657. The maximum Gasteiger partial charge on any atom is 0.415 e. The van der Waals surface area contributed by atoms with Gasteiger partial charge in [0.05, 0.1) is 0 Å². The van der Waals surface area contributed by atoms with Gasteiger partial charge in [0.25, 0.3) is 0 Å². The Labute approximate surface area is 264 Å². The molecule has 0 radical (unpaired) electrons. The standard InChI is InChI=1S/C35H41N3O7/c39-33(36-23-9-7-13-27-11-3-1-4-12-27)45-32-16-8-10-24-38(32)35(41)44-31-21-25-37(26-22-31)34(40)43-30-19-17-29(18-20-30)42-28-14-5-2-6-15-28/h1-6,11-12,14-15,17-20,31-32H,7-10,13,16,21-26H2,(H,36,39). The van der Waals surface area contributed by atoms with Crippen molar-refractivity contribution in [3.8, 4) is 17.2 Å². The lowest BCUT2D eigenvalue weighted by Gasteiger charge is -2.36. The number of unbranched alkanes of at least 4 members (excludes halogenated alkanes) is 1. The average molecular weight is 616 g/mol. The van der Waals surface area contributed by atoms with E-state index in [0.717, 1.165) is 37.9 Å². The summed E-state index contributed by atoms with van der Waals surface area (Å²) >= 11 is 0. The largest absolute Gasteiger partial charge is 0.457 e. The molecule has 2 aliphatic rings. The Morgan fingerprint density at radius 2 is 1.36 bits per heavy atom. The smallest absolute Gasteiger partial charge is 0.415 e. The minimum absolute atomic E-state index is 0.336. The van der Waals surface area contributed by atoms with Gasteiger partial charge in [-0.3, -0.25) is 4.90 Å². The van der Waals surface area contributed by atoms with Crippen molar-refractivity contribution in [2.75, 3.05) is 26.2 Å². The molecule has 2 aliphatic heterocycles. The van der Waals surface area contributed by atoms with Gasteiger partial charge in [0.1, 0.15) is 23.4 Å². The second kappa shape index (κ2) is 16.4. The van der Waals surface area contributed by atoms with E-state index in [4.69, 9.17) is 18.9 Å². The number of alkyl carbamates (subject to hydrolysis) is 1. The molecule has 3 amide bonds. The monoisotopic (exact) mass is 615 g/mol. The number of nitrogens with zero attached hydrogens (tertiary/aromatic N) is 2. The molecule has 1 unspecified atom stereocenters. The minimum Gasteiger partial charge on any atom is -0.457 e. The van der Waals surface area contributed by atoms with Crippen LogP contribution in [0.1, 0.15) is 50.5 Å². The van der Waals surface area contributed by atoms with Crippen LogP contribution in [0.3, 0.4) is 0 Å². The second-order valence-electron chi connectivity index (χ2n) is 11.2. The Bertz CT molecular complexity index is 1360. The maximum absolute atomic E-state index is 13.1. The summed E-state index contributed by atoms with van der Waals surface area (Å²) < 4.78 is 22.7. The van der Waals surface area contributed by atoms with E-state index in [-0.39, 0.29) is 6.10 Å². The summed E-state index contributed by atoms with van der Waals surface area (Å²) in [5, 5.41) is 2.81. The third-order valence-corrected chi connectivity index (χ3v) is 7.91. The van der Waals surface area contributed by atoms with Crippen LogP contribution in [0.4, 0.5) is 14.4 Å². The van der Waals surface area contributed by atoms with Crippen LogP contribution < -0.4 is 14.8 Å². The van der Waals surface area contributed by atoms with Gasteiger partial charge in [-0.05, 0) is 74.1 Å². The Morgan fingerprint density at radius 1 is 0.689 bits per heavy atom. The van der Waals surface area contributed by atoms with Gasteiger partial charge < -0.3 is 29.2 Å². The predicted octanol–water partition coefficient (Wildman–Crippen LogP) is 7.14. The van der Waals surface area contributed by atoms with Gasteiger partial charge in [-0.15, -0.1) is 0 Å².